The van der Waals surface area contributed by atoms with Gasteiger partial charge in [-0.15, -0.1) is 0 Å². The number of rotatable bonds is 3. The van der Waals surface area contributed by atoms with Crippen molar-refractivity contribution in [3.8, 4) is 0 Å². The largest absolute Gasteiger partial charge is 0.433 e. The maximum atomic E-state index is 12.8. The molecule has 7 heteroatoms. The fourth-order valence-corrected chi connectivity index (χ4v) is 2.72. The van der Waals surface area contributed by atoms with Crippen molar-refractivity contribution in [2.45, 2.75) is 39.3 Å². The van der Waals surface area contributed by atoms with Crippen molar-refractivity contribution in [1.29, 1.82) is 0 Å². The lowest BCUT2D eigenvalue weighted by molar-refractivity contribution is -0.141. The molecule has 1 saturated heterocycles. The minimum atomic E-state index is -4.50. The summed E-state index contributed by atoms with van der Waals surface area (Å²) < 4.78 is 38.3. The van der Waals surface area contributed by atoms with E-state index in [4.69, 9.17) is 5.73 Å². The first-order valence-corrected chi connectivity index (χ1v) is 6.76. The monoisotopic (exact) mass is 288 g/mol. The molecular formula is C13H19F3N4. The van der Waals surface area contributed by atoms with E-state index in [1.165, 1.54) is 0 Å². The summed E-state index contributed by atoms with van der Waals surface area (Å²) >= 11 is 0. The summed E-state index contributed by atoms with van der Waals surface area (Å²) in [7, 11) is 0. The van der Waals surface area contributed by atoms with E-state index in [-0.39, 0.29) is 17.2 Å². The van der Waals surface area contributed by atoms with Gasteiger partial charge >= 0.3 is 6.18 Å². The Morgan fingerprint density at radius 2 is 1.95 bits per heavy atom. The molecule has 0 amide bonds. The first-order chi connectivity index (χ1) is 9.29. The molecule has 1 fully saturated rings. The zero-order valence-corrected chi connectivity index (χ0v) is 11.7. The average molecular weight is 288 g/mol. The van der Waals surface area contributed by atoms with Gasteiger partial charge in [0.25, 0.3) is 0 Å². The van der Waals surface area contributed by atoms with Crippen LogP contribution in [0.15, 0.2) is 6.07 Å². The third kappa shape index (κ3) is 2.81. The normalized spacial score (nSPS) is 18.6. The van der Waals surface area contributed by atoms with Crippen LogP contribution in [-0.2, 0) is 6.18 Å². The van der Waals surface area contributed by atoms with E-state index < -0.39 is 11.9 Å². The highest BCUT2D eigenvalue weighted by atomic mass is 19.4. The van der Waals surface area contributed by atoms with Gasteiger partial charge in [0.1, 0.15) is 5.82 Å². The van der Waals surface area contributed by atoms with E-state index >= 15 is 0 Å². The predicted octanol–water partition coefficient (Wildman–Crippen LogP) is 3.09. The molecule has 0 saturated carbocycles. The first-order valence-electron chi connectivity index (χ1n) is 6.76. The molecule has 4 nitrogen and oxygen atoms in total. The summed E-state index contributed by atoms with van der Waals surface area (Å²) in [5.74, 6) is -0.0612. The van der Waals surface area contributed by atoms with Crippen molar-refractivity contribution >= 4 is 11.8 Å². The zero-order chi connectivity index (χ0) is 15.0. The molecule has 1 aliphatic heterocycles. The summed E-state index contributed by atoms with van der Waals surface area (Å²) in [6.45, 7) is 5.65. The SMILES string of the molecule is CCC1(CC)CCN(c2cc(C(F)(F)F)nc(N)n2)C1. The molecular weight excluding hydrogens is 269 g/mol. The second-order valence-corrected chi connectivity index (χ2v) is 5.35. The molecule has 2 N–H and O–H groups in total. The Labute approximate surface area is 116 Å². The van der Waals surface area contributed by atoms with Crippen LogP contribution in [0, 0.1) is 5.41 Å². The molecule has 112 valence electrons. The Kier molecular flexibility index (Phi) is 3.80. The molecule has 0 aliphatic carbocycles. The highest BCUT2D eigenvalue weighted by Gasteiger charge is 2.38. The minimum absolute atomic E-state index is 0.165. The summed E-state index contributed by atoms with van der Waals surface area (Å²) in [6, 6.07) is 0.984. The molecule has 1 aromatic heterocycles. The van der Waals surface area contributed by atoms with Crippen molar-refractivity contribution in [2.24, 2.45) is 5.41 Å². The van der Waals surface area contributed by atoms with Gasteiger partial charge in [0.15, 0.2) is 5.69 Å². The number of aromatic nitrogens is 2. The Bertz CT molecular complexity index is 483. The summed E-state index contributed by atoms with van der Waals surface area (Å²) in [5.41, 5.74) is 4.59. The molecule has 0 aromatic carbocycles. The number of halogens is 3. The molecule has 2 rings (SSSR count). The Morgan fingerprint density at radius 1 is 1.30 bits per heavy atom. The van der Waals surface area contributed by atoms with Gasteiger partial charge in [0.2, 0.25) is 5.95 Å². The van der Waals surface area contributed by atoms with E-state index in [9.17, 15) is 13.2 Å². The van der Waals surface area contributed by atoms with Gasteiger partial charge in [-0.2, -0.15) is 18.2 Å². The summed E-state index contributed by atoms with van der Waals surface area (Å²) in [4.78, 5) is 9.10. The highest BCUT2D eigenvalue weighted by molar-refractivity contribution is 5.45. The molecule has 0 unspecified atom stereocenters. The number of anilines is 2. The zero-order valence-electron chi connectivity index (χ0n) is 11.7. The number of hydrogen-bond donors (Lipinski definition) is 1. The number of hydrogen-bond acceptors (Lipinski definition) is 4. The van der Waals surface area contributed by atoms with Crippen LogP contribution < -0.4 is 10.6 Å². The van der Waals surface area contributed by atoms with Gasteiger partial charge in [-0.3, -0.25) is 0 Å². The number of nitrogen functional groups attached to an aromatic ring is 1. The fraction of sp³-hybridized carbons (Fsp3) is 0.692. The third-order valence-electron chi connectivity index (χ3n) is 4.28. The topological polar surface area (TPSA) is 55.0 Å². The van der Waals surface area contributed by atoms with Gasteiger partial charge in [0.05, 0.1) is 0 Å². The molecule has 1 aromatic rings. The van der Waals surface area contributed by atoms with Gasteiger partial charge < -0.3 is 10.6 Å². The Balaban J connectivity index is 2.29. The van der Waals surface area contributed by atoms with Crippen molar-refractivity contribution in [2.75, 3.05) is 23.7 Å². The number of alkyl halides is 3. The van der Waals surface area contributed by atoms with E-state index in [2.05, 4.69) is 23.8 Å². The van der Waals surface area contributed by atoms with Gasteiger partial charge in [0, 0.05) is 19.2 Å². The molecule has 0 bridgehead atoms. The average Bonchev–Trinajstić information content (AvgIpc) is 2.82. The smallest absolute Gasteiger partial charge is 0.368 e. The second kappa shape index (κ2) is 5.10. The van der Waals surface area contributed by atoms with E-state index in [1.807, 2.05) is 4.90 Å². The van der Waals surface area contributed by atoms with Crippen LogP contribution in [0.4, 0.5) is 24.9 Å². The molecule has 1 aliphatic rings. The molecule has 2 heterocycles. The predicted molar refractivity (Wildman–Crippen MR) is 71.3 cm³/mol. The van der Waals surface area contributed by atoms with Crippen molar-refractivity contribution in [1.82, 2.24) is 9.97 Å². The third-order valence-corrected chi connectivity index (χ3v) is 4.28. The van der Waals surface area contributed by atoms with E-state index in [0.29, 0.717) is 13.1 Å². The molecule has 0 atom stereocenters. The van der Waals surface area contributed by atoms with Gasteiger partial charge in [-0.25, -0.2) is 4.98 Å². The van der Waals surface area contributed by atoms with Gasteiger partial charge in [-0.05, 0) is 24.7 Å². The molecule has 20 heavy (non-hydrogen) atoms. The van der Waals surface area contributed by atoms with E-state index in [1.54, 1.807) is 0 Å². The lowest BCUT2D eigenvalue weighted by Gasteiger charge is -2.27. The van der Waals surface area contributed by atoms with Crippen LogP contribution >= 0.6 is 0 Å². The second-order valence-electron chi connectivity index (χ2n) is 5.35. The van der Waals surface area contributed by atoms with Crippen LogP contribution in [0.5, 0.6) is 0 Å². The first kappa shape index (κ1) is 14.9. The van der Waals surface area contributed by atoms with Crippen LogP contribution in [0.25, 0.3) is 0 Å². The van der Waals surface area contributed by atoms with Crippen LogP contribution in [0.2, 0.25) is 0 Å². The van der Waals surface area contributed by atoms with Crippen LogP contribution in [-0.4, -0.2) is 23.1 Å². The molecule has 0 radical (unpaired) electrons. The van der Waals surface area contributed by atoms with Crippen molar-refractivity contribution in [3.05, 3.63) is 11.8 Å². The van der Waals surface area contributed by atoms with E-state index in [0.717, 1.165) is 25.3 Å². The standard InChI is InChI=1S/C13H19F3N4/c1-3-12(4-2)5-6-20(8-12)10-7-9(13(14,15)16)18-11(17)19-10/h7H,3-6,8H2,1-2H3,(H2,17,18,19). The fourth-order valence-electron chi connectivity index (χ4n) is 2.72. The van der Waals surface area contributed by atoms with Crippen molar-refractivity contribution < 1.29 is 13.2 Å². The minimum Gasteiger partial charge on any atom is -0.368 e. The summed E-state index contributed by atoms with van der Waals surface area (Å²) in [6.07, 6.45) is -1.53. The maximum absolute atomic E-state index is 12.8. The summed E-state index contributed by atoms with van der Waals surface area (Å²) in [5, 5.41) is 0. The lowest BCUT2D eigenvalue weighted by atomic mass is 9.82. The van der Waals surface area contributed by atoms with Crippen LogP contribution in [0.1, 0.15) is 38.8 Å². The van der Waals surface area contributed by atoms with Gasteiger partial charge in [-0.1, -0.05) is 13.8 Å². The maximum Gasteiger partial charge on any atom is 0.433 e. The van der Waals surface area contributed by atoms with Crippen LogP contribution in [0.3, 0.4) is 0 Å². The lowest BCUT2D eigenvalue weighted by Crippen LogP contribution is -2.27. The quantitative estimate of drug-likeness (QED) is 0.928. The Hall–Kier alpha value is -1.53. The molecule has 0 spiro atoms. The highest BCUT2D eigenvalue weighted by Crippen LogP contribution is 2.39. The van der Waals surface area contributed by atoms with Crippen molar-refractivity contribution in [3.63, 3.8) is 0 Å². The number of nitrogens with two attached hydrogens (primary N) is 1. The number of nitrogens with zero attached hydrogens (tertiary/aromatic N) is 3. The Morgan fingerprint density at radius 3 is 2.45 bits per heavy atom.